The lowest BCUT2D eigenvalue weighted by Gasteiger charge is -2.33. The molecule has 22 heavy (non-hydrogen) atoms. The first-order valence-electron chi connectivity index (χ1n) is 6.37. The summed E-state index contributed by atoms with van der Waals surface area (Å²) in [6.45, 7) is 6.80. The van der Waals surface area contributed by atoms with Crippen molar-refractivity contribution in [1.29, 1.82) is 0 Å². The zero-order valence-corrected chi connectivity index (χ0v) is 13.3. The van der Waals surface area contributed by atoms with Crippen LogP contribution < -0.4 is 5.32 Å². The minimum atomic E-state index is -4.67. The number of rotatable bonds is 3. The Hall–Kier alpha value is -0.820. The highest BCUT2D eigenvalue weighted by atomic mass is 35.5. The van der Waals surface area contributed by atoms with Crippen LogP contribution in [-0.2, 0) is 6.18 Å². The molecule has 0 radical (unpaired) electrons. The van der Waals surface area contributed by atoms with Gasteiger partial charge in [0.15, 0.2) is 0 Å². The molecule has 0 saturated carbocycles. The first kappa shape index (κ1) is 21.2. The molecule has 0 unspecified atom stereocenters. The zero-order valence-electron chi connectivity index (χ0n) is 11.7. The molecule has 1 aliphatic rings. The van der Waals surface area contributed by atoms with Crippen LogP contribution in [0.4, 0.5) is 17.6 Å². The third-order valence-electron chi connectivity index (χ3n) is 3.41. The number of nitrogens with zero attached hydrogens (tertiary/aromatic N) is 1. The van der Waals surface area contributed by atoms with Crippen LogP contribution in [0.15, 0.2) is 30.9 Å². The van der Waals surface area contributed by atoms with Gasteiger partial charge in [0.1, 0.15) is 5.82 Å². The third-order valence-corrected chi connectivity index (χ3v) is 3.41. The molecule has 1 aromatic rings. The van der Waals surface area contributed by atoms with Crippen LogP contribution in [0.2, 0.25) is 0 Å². The van der Waals surface area contributed by atoms with Crippen LogP contribution in [0.5, 0.6) is 0 Å². The van der Waals surface area contributed by atoms with E-state index in [4.69, 9.17) is 0 Å². The normalized spacial score (nSPS) is 17.1. The summed E-state index contributed by atoms with van der Waals surface area (Å²) in [6, 6.07) is 2.80. The van der Waals surface area contributed by atoms with Crippen molar-refractivity contribution in [2.75, 3.05) is 26.2 Å². The fourth-order valence-corrected chi connectivity index (χ4v) is 2.40. The van der Waals surface area contributed by atoms with Crippen molar-refractivity contribution in [3.63, 3.8) is 0 Å². The summed E-state index contributed by atoms with van der Waals surface area (Å²) in [5.74, 6) is -1.24. The molecule has 1 saturated heterocycles. The first-order valence-corrected chi connectivity index (χ1v) is 6.37. The topological polar surface area (TPSA) is 15.3 Å². The Labute approximate surface area is 139 Å². The summed E-state index contributed by atoms with van der Waals surface area (Å²) in [6.07, 6.45) is -3.03. The van der Waals surface area contributed by atoms with E-state index in [0.717, 1.165) is 38.3 Å². The van der Waals surface area contributed by atoms with Crippen molar-refractivity contribution in [1.82, 2.24) is 10.2 Å². The molecule has 0 bridgehead atoms. The van der Waals surface area contributed by atoms with Crippen molar-refractivity contribution in [2.24, 2.45) is 0 Å². The average molecular weight is 361 g/mol. The predicted octanol–water partition coefficient (Wildman–Crippen LogP) is 3.82. The van der Waals surface area contributed by atoms with Crippen molar-refractivity contribution in [2.45, 2.75) is 12.2 Å². The number of alkyl halides is 3. The molecule has 2 rings (SSSR count). The van der Waals surface area contributed by atoms with Gasteiger partial charge in [-0.25, -0.2) is 4.39 Å². The molecule has 2 nitrogen and oxygen atoms in total. The van der Waals surface area contributed by atoms with Crippen LogP contribution in [0.25, 0.3) is 0 Å². The van der Waals surface area contributed by atoms with Gasteiger partial charge in [-0.2, -0.15) is 13.2 Å². The molecular formula is C14H18Cl2F4N2. The Bertz CT molecular complexity index is 488. The van der Waals surface area contributed by atoms with Gasteiger partial charge in [-0.3, -0.25) is 4.90 Å². The van der Waals surface area contributed by atoms with Gasteiger partial charge in [-0.15, -0.1) is 31.4 Å². The standard InChI is InChI=1S/C14H16F4N2.2ClH/c1-2-13(20-7-5-19-6-8-20)10-3-4-11(12(15)9-10)14(16,17)18;;/h2-4,9,13,19H,1,5-8H2;2*1H/t13-;;/m0../s1. The van der Waals surface area contributed by atoms with E-state index < -0.39 is 17.6 Å². The molecule has 0 amide bonds. The highest BCUT2D eigenvalue weighted by Gasteiger charge is 2.34. The van der Waals surface area contributed by atoms with Crippen LogP contribution >= 0.6 is 24.8 Å². The summed E-state index contributed by atoms with van der Waals surface area (Å²) in [5, 5.41) is 3.19. The quantitative estimate of drug-likeness (QED) is 0.651. The van der Waals surface area contributed by atoms with Crippen molar-refractivity contribution in [3.8, 4) is 0 Å². The molecule has 1 aromatic carbocycles. The van der Waals surface area contributed by atoms with E-state index in [0.29, 0.717) is 5.56 Å². The smallest absolute Gasteiger partial charge is 0.314 e. The van der Waals surface area contributed by atoms with E-state index in [1.807, 2.05) is 0 Å². The molecule has 0 aromatic heterocycles. The van der Waals surface area contributed by atoms with E-state index in [-0.39, 0.29) is 30.9 Å². The molecule has 126 valence electrons. The maximum Gasteiger partial charge on any atom is 0.419 e. The maximum atomic E-state index is 13.6. The largest absolute Gasteiger partial charge is 0.419 e. The summed E-state index contributed by atoms with van der Waals surface area (Å²) in [4.78, 5) is 2.06. The van der Waals surface area contributed by atoms with Gasteiger partial charge >= 0.3 is 6.18 Å². The molecule has 1 fully saturated rings. The Balaban J connectivity index is 0.00000220. The van der Waals surface area contributed by atoms with Gasteiger partial charge in [0.2, 0.25) is 0 Å². The number of piperazine rings is 1. The lowest BCUT2D eigenvalue weighted by Crippen LogP contribution is -2.44. The van der Waals surface area contributed by atoms with Gasteiger partial charge in [-0.05, 0) is 17.7 Å². The second kappa shape index (κ2) is 8.72. The van der Waals surface area contributed by atoms with Crippen molar-refractivity contribution >= 4 is 24.8 Å². The molecule has 1 heterocycles. The number of benzene rings is 1. The molecule has 8 heteroatoms. The second-order valence-corrected chi connectivity index (χ2v) is 4.70. The molecular weight excluding hydrogens is 343 g/mol. The first-order chi connectivity index (χ1) is 9.43. The molecule has 0 aliphatic carbocycles. The maximum absolute atomic E-state index is 13.6. The van der Waals surface area contributed by atoms with E-state index in [1.165, 1.54) is 6.07 Å². The molecule has 1 atom stereocenters. The SMILES string of the molecule is C=C[C@@H](c1ccc(C(F)(F)F)c(F)c1)N1CCNCC1.Cl.Cl. The molecule has 1 aliphatic heterocycles. The Kier molecular flexibility index (Phi) is 8.39. The highest BCUT2D eigenvalue weighted by molar-refractivity contribution is 5.85. The van der Waals surface area contributed by atoms with Crippen LogP contribution in [-0.4, -0.2) is 31.1 Å². The third kappa shape index (κ3) is 4.84. The van der Waals surface area contributed by atoms with Gasteiger partial charge < -0.3 is 5.32 Å². The monoisotopic (exact) mass is 360 g/mol. The zero-order chi connectivity index (χ0) is 14.8. The Morgan fingerprint density at radius 2 is 1.77 bits per heavy atom. The second-order valence-electron chi connectivity index (χ2n) is 4.70. The number of hydrogen-bond donors (Lipinski definition) is 1. The van der Waals surface area contributed by atoms with Gasteiger partial charge in [0.05, 0.1) is 11.6 Å². The number of halogens is 6. The fraction of sp³-hybridized carbons (Fsp3) is 0.429. The highest BCUT2D eigenvalue weighted by Crippen LogP contribution is 2.33. The summed E-state index contributed by atoms with van der Waals surface area (Å²) >= 11 is 0. The van der Waals surface area contributed by atoms with Crippen LogP contribution in [0, 0.1) is 5.82 Å². The minimum absolute atomic E-state index is 0. The molecule has 1 N–H and O–H groups in total. The predicted molar refractivity (Wildman–Crippen MR) is 83.3 cm³/mol. The van der Waals surface area contributed by atoms with E-state index in [2.05, 4.69) is 16.8 Å². The van der Waals surface area contributed by atoms with Crippen molar-refractivity contribution in [3.05, 3.63) is 47.8 Å². The van der Waals surface area contributed by atoms with Gasteiger partial charge in [0.25, 0.3) is 0 Å². The van der Waals surface area contributed by atoms with Gasteiger partial charge in [0, 0.05) is 26.2 Å². The molecule has 0 spiro atoms. The van der Waals surface area contributed by atoms with E-state index >= 15 is 0 Å². The number of nitrogens with one attached hydrogen (secondary N) is 1. The average Bonchev–Trinajstić information content (AvgIpc) is 2.39. The lowest BCUT2D eigenvalue weighted by atomic mass is 10.0. The fourth-order valence-electron chi connectivity index (χ4n) is 2.40. The van der Waals surface area contributed by atoms with E-state index in [1.54, 1.807) is 6.08 Å². The summed E-state index contributed by atoms with van der Waals surface area (Å²) < 4.78 is 51.2. The van der Waals surface area contributed by atoms with Crippen LogP contribution in [0.3, 0.4) is 0 Å². The van der Waals surface area contributed by atoms with E-state index in [9.17, 15) is 17.6 Å². The Morgan fingerprint density at radius 3 is 2.23 bits per heavy atom. The van der Waals surface area contributed by atoms with Crippen molar-refractivity contribution < 1.29 is 17.6 Å². The minimum Gasteiger partial charge on any atom is -0.314 e. The summed E-state index contributed by atoms with van der Waals surface area (Å²) in [7, 11) is 0. The Morgan fingerprint density at radius 1 is 1.18 bits per heavy atom. The lowest BCUT2D eigenvalue weighted by molar-refractivity contribution is -0.140. The number of hydrogen-bond acceptors (Lipinski definition) is 2. The summed E-state index contributed by atoms with van der Waals surface area (Å²) in [5.41, 5.74) is -0.739. The van der Waals surface area contributed by atoms with Gasteiger partial charge in [-0.1, -0.05) is 12.1 Å². The van der Waals surface area contributed by atoms with Crippen LogP contribution in [0.1, 0.15) is 17.2 Å².